The Labute approximate surface area is 112 Å². The largest absolute Gasteiger partial charge is 0.489 e. The number of nitrogens with two attached hydrogens (primary N) is 1. The minimum Gasteiger partial charge on any atom is -0.489 e. The fourth-order valence-electron chi connectivity index (χ4n) is 2.05. The van der Waals surface area contributed by atoms with Gasteiger partial charge in [0.05, 0.1) is 19.8 Å². The van der Waals surface area contributed by atoms with Gasteiger partial charge < -0.3 is 19.6 Å². The molecule has 3 rings (SSSR count). The molecule has 0 spiro atoms. The number of benzene rings is 1. The van der Waals surface area contributed by atoms with Crippen LogP contribution in [0.2, 0.25) is 0 Å². The van der Waals surface area contributed by atoms with E-state index in [4.69, 9.17) is 19.6 Å². The minimum atomic E-state index is 0.392. The van der Waals surface area contributed by atoms with Gasteiger partial charge >= 0.3 is 0 Å². The maximum atomic E-state index is 5.76. The van der Waals surface area contributed by atoms with Crippen LogP contribution in [0.1, 0.15) is 12.7 Å². The monoisotopic (exact) mass is 259 g/mol. The van der Waals surface area contributed by atoms with Crippen LogP contribution < -0.4 is 15.2 Å². The number of furan rings is 1. The molecule has 0 amide bonds. The maximum Gasteiger partial charge on any atom is 0.161 e. The van der Waals surface area contributed by atoms with Crippen molar-refractivity contribution in [1.29, 1.82) is 0 Å². The van der Waals surface area contributed by atoms with Crippen molar-refractivity contribution in [3.63, 3.8) is 0 Å². The first-order valence-electron chi connectivity index (χ1n) is 6.45. The maximum absolute atomic E-state index is 5.76. The van der Waals surface area contributed by atoms with Crippen molar-refractivity contribution in [3.05, 3.63) is 36.1 Å². The Kier molecular flexibility index (Phi) is 3.17. The van der Waals surface area contributed by atoms with Crippen LogP contribution >= 0.6 is 0 Å². The first kappa shape index (κ1) is 12.1. The van der Waals surface area contributed by atoms with Gasteiger partial charge in [0.2, 0.25) is 0 Å². The molecule has 1 aromatic carbocycles. The second-order valence-electron chi connectivity index (χ2n) is 4.86. The Morgan fingerprint density at radius 3 is 2.63 bits per heavy atom. The molecule has 100 valence electrons. The van der Waals surface area contributed by atoms with Crippen LogP contribution in [0.4, 0.5) is 0 Å². The molecular formula is C15H17NO3. The van der Waals surface area contributed by atoms with E-state index < -0.39 is 0 Å². The third-order valence-corrected chi connectivity index (χ3v) is 3.14. The highest BCUT2D eigenvalue weighted by atomic mass is 16.5. The zero-order valence-electron chi connectivity index (χ0n) is 10.9. The lowest BCUT2D eigenvalue weighted by molar-refractivity contribution is 0.228. The molecule has 4 nitrogen and oxygen atoms in total. The van der Waals surface area contributed by atoms with Crippen molar-refractivity contribution >= 4 is 0 Å². The van der Waals surface area contributed by atoms with Gasteiger partial charge in [-0.25, -0.2) is 0 Å². The highest BCUT2D eigenvalue weighted by Gasteiger charge is 2.16. The molecule has 2 N–H and O–H groups in total. The van der Waals surface area contributed by atoms with Gasteiger partial charge in [0.15, 0.2) is 11.5 Å². The van der Waals surface area contributed by atoms with Crippen LogP contribution in [0.25, 0.3) is 11.3 Å². The SMILES string of the molecule is CC1COc2ccc(-c3ccc(CN)o3)cc2OC1. The van der Waals surface area contributed by atoms with Gasteiger partial charge in [0.1, 0.15) is 11.5 Å². The number of hydrogen-bond donors (Lipinski definition) is 1. The van der Waals surface area contributed by atoms with E-state index in [0.717, 1.165) is 28.6 Å². The summed E-state index contributed by atoms with van der Waals surface area (Å²) in [6.45, 7) is 3.86. The second-order valence-corrected chi connectivity index (χ2v) is 4.86. The van der Waals surface area contributed by atoms with Gasteiger partial charge in [-0.1, -0.05) is 6.92 Å². The minimum absolute atomic E-state index is 0.392. The van der Waals surface area contributed by atoms with Crippen LogP contribution in [-0.2, 0) is 6.54 Å². The van der Waals surface area contributed by atoms with Gasteiger partial charge in [0, 0.05) is 11.5 Å². The highest BCUT2D eigenvalue weighted by molar-refractivity contribution is 5.63. The lowest BCUT2D eigenvalue weighted by Gasteiger charge is -2.08. The van der Waals surface area contributed by atoms with Crippen molar-refractivity contribution < 1.29 is 13.9 Å². The second kappa shape index (κ2) is 4.97. The van der Waals surface area contributed by atoms with E-state index >= 15 is 0 Å². The van der Waals surface area contributed by atoms with Crippen molar-refractivity contribution in [3.8, 4) is 22.8 Å². The molecule has 2 aromatic rings. The third-order valence-electron chi connectivity index (χ3n) is 3.14. The molecule has 0 aliphatic carbocycles. The molecule has 1 aliphatic heterocycles. The Hall–Kier alpha value is -1.94. The van der Waals surface area contributed by atoms with Crippen LogP contribution in [0.15, 0.2) is 34.7 Å². The van der Waals surface area contributed by atoms with Crippen LogP contribution in [-0.4, -0.2) is 13.2 Å². The van der Waals surface area contributed by atoms with Crippen LogP contribution in [0, 0.1) is 5.92 Å². The zero-order valence-corrected chi connectivity index (χ0v) is 10.9. The van der Waals surface area contributed by atoms with Crippen molar-refractivity contribution in [2.75, 3.05) is 13.2 Å². The molecule has 1 unspecified atom stereocenters. The van der Waals surface area contributed by atoms with E-state index in [0.29, 0.717) is 25.7 Å². The first-order valence-corrected chi connectivity index (χ1v) is 6.45. The summed E-state index contributed by atoms with van der Waals surface area (Å²) in [5.41, 5.74) is 6.52. The molecule has 4 heteroatoms. The van der Waals surface area contributed by atoms with Gasteiger partial charge in [0.25, 0.3) is 0 Å². The Morgan fingerprint density at radius 1 is 1.11 bits per heavy atom. The topological polar surface area (TPSA) is 57.6 Å². The van der Waals surface area contributed by atoms with Crippen LogP contribution in [0.5, 0.6) is 11.5 Å². The smallest absolute Gasteiger partial charge is 0.161 e. The summed E-state index contributed by atoms with van der Waals surface area (Å²) >= 11 is 0. The Bertz CT molecular complexity index is 577. The molecule has 0 saturated heterocycles. The average molecular weight is 259 g/mol. The number of fused-ring (bicyclic) bond motifs is 1. The lowest BCUT2D eigenvalue weighted by atomic mass is 10.1. The Balaban J connectivity index is 1.92. The Morgan fingerprint density at radius 2 is 1.89 bits per heavy atom. The summed E-state index contributed by atoms with van der Waals surface area (Å²) in [7, 11) is 0. The average Bonchev–Trinajstić information content (AvgIpc) is 2.84. The van der Waals surface area contributed by atoms with Gasteiger partial charge in [-0.2, -0.15) is 0 Å². The van der Waals surface area contributed by atoms with E-state index in [1.165, 1.54) is 0 Å². The number of ether oxygens (including phenoxy) is 2. The van der Waals surface area contributed by atoms with Crippen molar-refractivity contribution in [2.45, 2.75) is 13.5 Å². The quantitative estimate of drug-likeness (QED) is 0.901. The fourth-order valence-corrected chi connectivity index (χ4v) is 2.05. The standard InChI is InChI=1S/C15H17NO3/c1-10-8-17-14-4-2-11(6-15(14)18-9-10)13-5-3-12(7-16)19-13/h2-6,10H,7-9,16H2,1H3. The molecule has 1 aromatic heterocycles. The van der Waals surface area contributed by atoms with E-state index in [-0.39, 0.29) is 0 Å². The summed E-state index contributed by atoms with van der Waals surface area (Å²) in [5, 5.41) is 0. The highest BCUT2D eigenvalue weighted by Crippen LogP contribution is 2.35. The van der Waals surface area contributed by atoms with E-state index in [1.54, 1.807) is 0 Å². The van der Waals surface area contributed by atoms with Gasteiger partial charge in [-0.05, 0) is 30.3 Å². The van der Waals surface area contributed by atoms with Crippen LogP contribution in [0.3, 0.4) is 0 Å². The molecule has 0 bridgehead atoms. The summed E-state index contributed by atoms with van der Waals surface area (Å²) in [6, 6.07) is 9.65. The van der Waals surface area contributed by atoms with Crippen molar-refractivity contribution in [1.82, 2.24) is 0 Å². The molecular weight excluding hydrogens is 242 g/mol. The predicted octanol–water partition coefficient (Wildman–Crippen LogP) is 2.81. The molecule has 1 aliphatic rings. The summed E-state index contributed by atoms with van der Waals surface area (Å²) < 4.78 is 17.1. The third kappa shape index (κ3) is 2.44. The number of hydrogen-bond acceptors (Lipinski definition) is 4. The zero-order chi connectivity index (χ0) is 13.2. The van der Waals surface area contributed by atoms with Gasteiger partial charge in [-0.15, -0.1) is 0 Å². The van der Waals surface area contributed by atoms with Gasteiger partial charge in [-0.3, -0.25) is 0 Å². The molecule has 19 heavy (non-hydrogen) atoms. The van der Waals surface area contributed by atoms with Crippen molar-refractivity contribution in [2.24, 2.45) is 11.7 Å². The molecule has 0 saturated carbocycles. The predicted molar refractivity (Wildman–Crippen MR) is 72.2 cm³/mol. The first-order chi connectivity index (χ1) is 9.26. The lowest BCUT2D eigenvalue weighted by Crippen LogP contribution is -2.12. The van der Waals surface area contributed by atoms with E-state index in [9.17, 15) is 0 Å². The summed E-state index contributed by atoms with van der Waals surface area (Å²) in [4.78, 5) is 0. The molecule has 0 radical (unpaired) electrons. The number of rotatable bonds is 2. The van der Waals surface area contributed by atoms with E-state index in [1.807, 2.05) is 30.3 Å². The molecule has 0 fully saturated rings. The fraction of sp³-hybridized carbons (Fsp3) is 0.333. The van der Waals surface area contributed by atoms with E-state index in [2.05, 4.69) is 6.92 Å². The summed E-state index contributed by atoms with van der Waals surface area (Å²) in [5.74, 6) is 3.52. The molecule has 1 atom stereocenters. The summed E-state index contributed by atoms with van der Waals surface area (Å²) in [6.07, 6.45) is 0. The molecule has 2 heterocycles. The normalized spacial score (nSPS) is 18.1.